The molecule has 0 bridgehead atoms. The Hall–Kier alpha value is -4.49. The third-order valence-corrected chi connectivity index (χ3v) is 7.51. The fourth-order valence-corrected chi connectivity index (χ4v) is 5.48. The van der Waals surface area contributed by atoms with E-state index < -0.39 is 0 Å². The van der Waals surface area contributed by atoms with Crippen molar-refractivity contribution < 1.29 is 9.59 Å². The molecule has 41 heavy (non-hydrogen) atoms. The van der Waals surface area contributed by atoms with Crippen molar-refractivity contribution in [2.24, 2.45) is 0 Å². The molecule has 2 aliphatic carbocycles. The Kier molecular flexibility index (Phi) is 8.45. The second-order valence-corrected chi connectivity index (χ2v) is 11.0. The molecule has 0 saturated carbocycles. The molecule has 4 heterocycles. The molecule has 2 atom stereocenters. The zero-order valence-corrected chi connectivity index (χ0v) is 24.3. The fraction of sp³-hybridized carbons (Fsp3) is 0.258. The number of aryl methyl sites for hydroxylation is 4. The van der Waals surface area contributed by atoms with Gasteiger partial charge in [0.15, 0.2) is 0 Å². The molecule has 0 radical (unpaired) electrons. The van der Waals surface area contributed by atoms with E-state index in [-0.39, 0.29) is 23.9 Å². The zero-order valence-electron chi connectivity index (χ0n) is 22.7. The molecule has 0 aromatic carbocycles. The fourth-order valence-electron chi connectivity index (χ4n) is 5.10. The standard InChI is InChI=1S/C16H14N4O.C15H14BrN3O/c1-10-7-12(5-6-18-10)16(21)20-14-4-3-11-8-13(17-2)9-19-15(11)14;1-9-6-11(4-5-17-9)15(20)19-13-3-2-10-7-12(16)8-18-14(10)13/h5-9,14H,3-4H2,1H3,(H,20,21);4-8,13H,2-3H2,1H3,(H,19,20). The number of nitrogens with one attached hydrogen (secondary N) is 2. The van der Waals surface area contributed by atoms with Crippen LogP contribution < -0.4 is 10.6 Å². The quantitative estimate of drug-likeness (QED) is 0.286. The Morgan fingerprint density at radius 3 is 1.83 bits per heavy atom. The van der Waals surface area contributed by atoms with Gasteiger partial charge in [-0.15, -0.1) is 0 Å². The molecule has 2 N–H and O–H groups in total. The van der Waals surface area contributed by atoms with Gasteiger partial charge in [-0.2, -0.15) is 0 Å². The average molecular weight is 611 g/mol. The highest BCUT2D eigenvalue weighted by Gasteiger charge is 2.27. The lowest BCUT2D eigenvalue weighted by Gasteiger charge is -2.13. The van der Waals surface area contributed by atoms with Gasteiger partial charge in [0.2, 0.25) is 5.69 Å². The molecule has 6 rings (SSSR count). The van der Waals surface area contributed by atoms with Crippen LogP contribution in [0.1, 0.15) is 79.5 Å². The number of carbonyl (C=O) groups is 2. The van der Waals surface area contributed by atoms with Gasteiger partial charge in [0.25, 0.3) is 11.8 Å². The van der Waals surface area contributed by atoms with Crippen molar-refractivity contribution in [2.45, 2.75) is 51.6 Å². The van der Waals surface area contributed by atoms with Crippen LogP contribution in [0.15, 0.2) is 65.7 Å². The predicted molar refractivity (Wildman–Crippen MR) is 157 cm³/mol. The number of amides is 2. The molecule has 0 aliphatic heterocycles. The largest absolute Gasteiger partial charge is 0.344 e. The van der Waals surface area contributed by atoms with Crippen LogP contribution >= 0.6 is 15.9 Å². The van der Waals surface area contributed by atoms with Crippen LogP contribution in [-0.2, 0) is 12.8 Å². The summed E-state index contributed by atoms with van der Waals surface area (Å²) < 4.78 is 0.980. The lowest BCUT2D eigenvalue weighted by Crippen LogP contribution is -2.27. The molecular weight excluding hydrogens is 582 g/mol. The number of nitrogens with zero attached hydrogens (tertiary/aromatic N) is 5. The number of hydrogen-bond donors (Lipinski definition) is 2. The van der Waals surface area contributed by atoms with E-state index in [2.05, 4.69) is 57.4 Å². The number of fused-ring (bicyclic) bond motifs is 2. The van der Waals surface area contributed by atoms with Crippen LogP contribution in [0, 0.1) is 20.4 Å². The minimum absolute atomic E-state index is 0.000860. The first-order valence-electron chi connectivity index (χ1n) is 13.3. The molecule has 2 aliphatic rings. The van der Waals surface area contributed by atoms with E-state index >= 15 is 0 Å². The van der Waals surface area contributed by atoms with Gasteiger partial charge in [-0.1, -0.05) is 0 Å². The Morgan fingerprint density at radius 1 is 0.805 bits per heavy atom. The van der Waals surface area contributed by atoms with E-state index in [0.717, 1.165) is 58.5 Å². The molecule has 206 valence electrons. The molecule has 0 saturated heterocycles. The van der Waals surface area contributed by atoms with Crippen molar-refractivity contribution in [2.75, 3.05) is 0 Å². The Balaban J connectivity index is 0.000000165. The van der Waals surface area contributed by atoms with Crippen molar-refractivity contribution >= 4 is 33.4 Å². The van der Waals surface area contributed by atoms with Gasteiger partial charge in [0.05, 0.1) is 30.0 Å². The van der Waals surface area contributed by atoms with Crippen molar-refractivity contribution in [1.82, 2.24) is 30.6 Å². The first-order valence-corrected chi connectivity index (χ1v) is 14.1. The maximum Gasteiger partial charge on any atom is 0.251 e. The maximum absolute atomic E-state index is 12.3. The zero-order chi connectivity index (χ0) is 28.9. The lowest BCUT2D eigenvalue weighted by atomic mass is 10.1. The molecule has 0 fully saturated rings. The summed E-state index contributed by atoms with van der Waals surface area (Å²) in [6.45, 7) is 10.7. The highest BCUT2D eigenvalue weighted by atomic mass is 79.9. The predicted octanol–water partition coefficient (Wildman–Crippen LogP) is 5.72. The number of hydrogen-bond acceptors (Lipinski definition) is 6. The van der Waals surface area contributed by atoms with E-state index in [9.17, 15) is 9.59 Å². The van der Waals surface area contributed by atoms with Gasteiger partial charge < -0.3 is 10.6 Å². The van der Waals surface area contributed by atoms with Crippen molar-refractivity contribution in [1.29, 1.82) is 0 Å². The lowest BCUT2D eigenvalue weighted by molar-refractivity contribution is 0.0927. The average Bonchev–Trinajstić information content (AvgIpc) is 3.56. The highest BCUT2D eigenvalue weighted by Crippen LogP contribution is 2.32. The number of rotatable bonds is 4. The molecule has 4 aromatic heterocycles. The minimum atomic E-state index is -0.116. The molecule has 2 amide bonds. The molecular formula is C31H28BrN7O2. The van der Waals surface area contributed by atoms with E-state index in [1.807, 2.05) is 19.9 Å². The minimum Gasteiger partial charge on any atom is -0.344 e. The summed E-state index contributed by atoms with van der Waals surface area (Å²) in [5.41, 5.74) is 7.56. The Morgan fingerprint density at radius 2 is 1.32 bits per heavy atom. The van der Waals surface area contributed by atoms with Crippen LogP contribution in [0.4, 0.5) is 5.69 Å². The van der Waals surface area contributed by atoms with Gasteiger partial charge in [-0.25, -0.2) is 4.85 Å². The third kappa shape index (κ3) is 6.64. The first-order chi connectivity index (χ1) is 19.8. The van der Waals surface area contributed by atoms with Crippen molar-refractivity contribution in [3.8, 4) is 0 Å². The first kappa shape index (κ1) is 28.1. The number of aromatic nitrogens is 4. The van der Waals surface area contributed by atoms with Crippen molar-refractivity contribution in [3.05, 3.63) is 122 Å². The van der Waals surface area contributed by atoms with Crippen LogP contribution in [0.3, 0.4) is 0 Å². The molecule has 9 nitrogen and oxygen atoms in total. The van der Waals surface area contributed by atoms with E-state index in [4.69, 9.17) is 6.57 Å². The summed E-state index contributed by atoms with van der Waals surface area (Å²) in [4.78, 5) is 44.9. The normalized spacial score (nSPS) is 16.4. The summed E-state index contributed by atoms with van der Waals surface area (Å²) in [6, 6.07) is 10.8. The summed E-state index contributed by atoms with van der Waals surface area (Å²) >= 11 is 3.42. The Labute approximate surface area is 246 Å². The second-order valence-electron chi connectivity index (χ2n) is 10.0. The van der Waals surface area contributed by atoms with Gasteiger partial charge in [0.1, 0.15) is 0 Å². The van der Waals surface area contributed by atoms with E-state index in [1.165, 1.54) is 5.56 Å². The topological polar surface area (TPSA) is 114 Å². The third-order valence-electron chi connectivity index (χ3n) is 7.08. The molecule has 0 spiro atoms. The van der Waals surface area contributed by atoms with Gasteiger partial charge in [-0.05, 0) is 103 Å². The summed E-state index contributed by atoms with van der Waals surface area (Å²) in [5, 5.41) is 6.06. The molecule has 10 heteroatoms. The summed E-state index contributed by atoms with van der Waals surface area (Å²) in [5.74, 6) is -0.188. The monoisotopic (exact) mass is 609 g/mol. The Bertz CT molecular complexity index is 1670. The number of halogens is 1. The maximum atomic E-state index is 12.3. The smallest absolute Gasteiger partial charge is 0.251 e. The molecule has 4 aromatic rings. The van der Waals surface area contributed by atoms with Crippen LogP contribution in [0.25, 0.3) is 4.85 Å². The van der Waals surface area contributed by atoms with Gasteiger partial charge >= 0.3 is 0 Å². The van der Waals surface area contributed by atoms with Gasteiger partial charge in [0, 0.05) is 51.8 Å². The number of carbonyl (C=O) groups excluding carboxylic acids is 2. The van der Waals surface area contributed by atoms with Gasteiger partial charge in [-0.3, -0.25) is 29.5 Å². The van der Waals surface area contributed by atoms with Crippen molar-refractivity contribution in [3.63, 3.8) is 0 Å². The number of pyridine rings is 4. The van der Waals surface area contributed by atoms with Crippen LogP contribution in [0.2, 0.25) is 0 Å². The summed E-state index contributed by atoms with van der Waals surface area (Å²) in [7, 11) is 0. The van der Waals surface area contributed by atoms with E-state index in [1.54, 1.807) is 49.1 Å². The second kappa shape index (κ2) is 12.4. The summed E-state index contributed by atoms with van der Waals surface area (Å²) in [6.07, 6.45) is 10.1. The molecule has 2 unspecified atom stereocenters. The van der Waals surface area contributed by atoms with Crippen LogP contribution in [-0.4, -0.2) is 31.8 Å². The SMILES string of the molecule is Cc1cc(C(=O)NC2CCc3cc(Br)cnc32)ccn1.[C-]#[N+]c1cnc2c(c1)CCC2NC(=O)c1ccnc(C)c1. The van der Waals surface area contributed by atoms with E-state index in [0.29, 0.717) is 16.8 Å². The highest BCUT2D eigenvalue weighted by molar-refractivity contribution is 9.10. The van der Waals surface area contributed by atoms with Crippen LogP contribution in [0.5, 0.6) is 0 Å².